The number of rotatable bonds is 14. The molecule has 2 N–H and O–H groups in total. The summed E-state index contributed by atoms with van der Waals surface area (Å²) in [6, 6.07) is 3.83. The van der Waals surface area contributed by atoms with Crippen molar-refractivity contribution in [2.45, 2.75) is 120 Å². The Bertz CT molecular complexity index is 1410. The molecule has 2 rings (SSSR count). The molecule has 0 spiro atoms. The molecule has 2 atom stereocenters. The Morgan fingerprint density at radius 2 is 1.02 bits per heavy atom. The number of phenolic OH excluding ortho intramolecular Hbond substituents is 2. The minimum absolute atomic E-state index is 0.0880. The molecule has 8 nitrogen and oxygen atoms in total. The van der Waals surface area contributed by atoms with Crippen LogP contribution in [0.5, 0.6) is 11.5 Å². The number of ether oxygens (including phenoxy) is 2. The van der Waals surface area contributed by atoms with E-state index < -0.39 is 45.1 Å². The van der Waals surface area contributed by atoms with Crippen LogP contribution in [0.15, 0.2) is 12.1 Å². The first-order valence-electron chi connectivity index (χ1n) is 15.8. The number of sulfone groups is 1. The number of benzene rings is 2. The van der Waals surface area contributed by atoms with Crippen LogP contribution in [0.25, 0.3) is 0 Å². The van der Waals surface area contributed by atoms with Gasteiger partial charge in [-0.2, -0.15) is 0 Å². The molecule has 0 saturated carbocycles. The fraction of sp³-hybridized carbons (Fsp3) is 0.611. The highest BCUT2D eigenvalue weighted by Gasteiger charge is 2.30. The maximum absolute atomic E-state index is 13.0. The molecular formula is C36H54O8S. The van der Waals surface area contributed by atoms with E-state index >= 15 is 0 Å². The number of carbonyl (C=O) groups excluding carboxylic acids is 2. The van der Waals surface area contributed by atoms with E-state index in [0.717, 1.165) is 35.1 Å². The molecule has 9 heteroatoms. The van der Waals surface area contributed by atoms with E-state index in [0.29, 0.717) is 22.3 Å². The first-order valence-corrected chi connectivity index (χ1v) is 17.6. The minimum atomic E-state index is -3.81. The lowest BCUT2D eigenvalue weighted by atomic mass is 9.79. The molecular weight excluding hydrogens is 592 g/mol. The highest BCUT2D eigenvalue weighted by Crippen LogP contribution is 2.40. The molecule has 0 aliphatic carbocycles. The second kappa shape index (κ2) is 14.6. The van der Waals surface area contributed by atoms with Gasteiger partial charge in [0.15, 0.2) is 9.84 Å². The predicted molar refractivity (Wildman–Crippen MR) is 178 cm³/mol. The molecule has 0 aliphatic heterocycles. The van der Waals surface area contributed by atoms with E-state index in [1.807, 2.05) is 26.0 Å². The average Bonchev–Trinajstić information content (AvgIpc) is 2.95. The van der Waals surface area contributed by atoms with Crippen LogP contribution < -0.4 is 0 Å². The van der Waals surface area contributed by atoms with Gasteiger partial charge in [-0.05, 0) is 84.7 Å². The fourth-order valence-corrected chi connectivity index (χ4v) is 7.35. The van der Waals surface area contributed by atoms with Crippen LogP contribution in [-0.2, 0) is 52.9 Å². The van der Waals surface area contributed by atoms with E-state index in [-0.39, 0.29) is 35.5 Å². The zero-order valence-corrected chi connectivity index (χ0v) is 30.1. The van der Waals surface area contributed by atoms with Crippen LogP contribution in [-0.4, -0.2) is 42.1 Å². The summed E-state index contributed by atoms with van der Waals surface area (Å²) in [6.45, 7) is 22.5. The van der Waals surface area contributed by atoms with E-state index in [2.05, 4.69) is 41.5 Å². The molecule has 0 amide bonds. The lowest BCUT2D eigenvalue weighted by Gasteiger charge is -2.27. The monoisotopic (exact) mass is 646 g/mol. The van der Waals surface area contributed by atoms with Crippen molar-refractivity contribution >= 4 is 21.8 Å². The SMILES string of the molecule is CCC(C)(C)c1cc(C)c(COC(=O)C(C)CS(=O)(=O)CC(C)C(=O)OCc2c(C)cc(C(C)(C)CC)c(O)c2C)c(C)c1O. The van der Waals surface area contributed by atoms with Gasteiger partial charge in [-0.1, -0.05) is 67.5 Å². The molecule has 0 heterocycles. The lowest BCUT2D eigenvalue weighted by molar-refractivity contribution is -0.149. The highest BCUT2D eigenvalue weighted by atomic mass is 32.2. The van der Waals surface area contributed by atoms with Crippen molar-refractivity contribution in [3.63, 3.8) is 0 Å². The van der Waals surface area contributed by atoms with Crippen molar-refractivity contribution in [1.82, 2.24) is 0 Å². The Hall–Kier alpha value is -3.07. The fourth-order valence-electron chi connectivity index (χ4n) is 5.42. The van der Waals surface area contributed by atoms with Gasteiger partial charge in [0.25, 0.3) is 0 Å². The number of aromatic hydroxyl groups is 2. The quantitative estimate of drug-likeness (QED) is 0.207. The minimum Gasteiger partial charge on any atom is -0.507 e. The molecule has 2 aromatic carbocycles. The van der Waals surface area contributed by atoms with Gasteiger partial charge in [0.05, 0.1) is 23.3 Å². The summed E-state index contributed by atoms with van der Waals surface area (Å²) in [5.74, 6) is -3.86. The largest absolute Gasteiger partial charge is 0.507 e. The summed E-state index contributed by atoms with van der Waals surface area (Å²) in [4.78, 5) is 25.6. The average molecular weight is 647 g/mol. The first kappa shape index (κ1) is 38.1. The number of phenols is 2. The molecule has 0 aromatic heterocycles. The second-order valence-electron chi connectivity index (χ2n) is 14.0. The van der Waals surface area contributed by atoms with Gasteiger partial charge in [0.2, 0.25) is 0 Å². The summed E-state index contributed by atoms with van der Waals surface area (Å²) in [7, 11) is -3.81. The molecule has 2 unspecified atom stereocenters. The van der Waals surface area contributed by atoms with Crippen molar-refractivity contribution in [2.24, 2.45) is 11.8 Å². The maximum atomic E-state index is 13.0. The van der Waals surface area contributed by atoms with E-state index in [9.17, 15) is 28.2 Å². The molecule has 0 radical (unpaired) electrons. The van der Waals surface area contributed by atoms with Gasteiger partial charge in [-0.15, -0.1) is 0 Å². The Morgan fingerprint density at radius 3 is 1.31 bits per heavy atom. The molecule has 0 bridgehead atoms. The molecule has 252 valence electrons. The Kier molecular flexibility index (Phi) is 12.3. The molecule has 0 fully saturated rings. The van der Waals surface area contributed by atoms with Gasteiger partial charge >= 0.3 is 11.9 Å². The van der Waals surface area contributed by atoms with Crippen molar-refractivity contribution < 1.29 is 37.7 Å². The van der Waals surface area contributed by atoms with Crippen molar-refractivity contribution in [3.05, 3.63) is 56.6 Å². The number of hydrogen-bond donors (Lipinski definition) is 2. The van der Waals surface area contributed by atoms with Gasteiger partial charge in [0.1, 0.15) is 24.7 Å². The zero-order chi connectivity index (χ0) is 34.7. The van der Waals surface area contributed by atoms with Crippen LogP contribution >= 0.6 is 0 Å². The van der Waals surface area contributed by atoms with Gasteiger partial charge in [-0.25, -0.2) is 8.42 Å². The predicted octanol–water partition coefficient (Wildman–Crippen LogP) is 7.18. The number of esters is 2. The topological polar surface area (TPSA) is 127 Å². The molecule has 0 aliphatic rings. The number of hydrogen-bond acceptors (Lipinski definition) is 8. The molecule has 45 heavy (non-hydrogen) atoms. The molecule has 0 saturated heterocycles. The summed E-state index contributed by atoms with van der Waals surface area (Å²) in [5.41, 5.74) is 5.61. The summed E-state index contributed by atoms with van der Waals surface area (Å²) < 4.78 is 36.9. The van der Waals surface area contributed by atoms with Gasteiger partial charge < -0.3 is 19.7 Å². The number of carbonyl (C=O) groups is 2. The van der Waals surface area contributed by atoms with Gasteiger partial charge in [-0.3, -0.25) is 9.59 Å². The summed E-state index contributed by atoms with van der Waals surface area (Å²) in [6.07, 6.45) is 1.68. The third kappa shape index (κ3) is 9.02. The van der Waals surface area contributed by atoms with E-state index in [1.54, 1.807) is 13.8 Å². The van der Waals surface area contributed by atoms with E-state index in [1.165, 1.54) is 13.8 Å². The zero-order valence-electron chi connectivity index (χ0n) is 29.3. The summed E-state index contributed by atoms with van der Waals surface area (Å²) >= 11 is 0. The smallest absolute Gasteiger partial charge is 0.310 e. The maximum Gasteiger partial charge on any atom is 0.310 e. The standard InChI is InChI=1S/C36H54O8S/c1-13-35(9,10)29-15-21(3)27(25(7)31(29)37)17-43-33(39)23(5)19-45(41,42)20-24(6)34(40)44-18-28-22(4)16-30(32(38)26(28)8)36(11,12)14-2/h15-16,23-24,37-38H,13-14,17-20H2,1-12H3. The van der Waals surface area contributed by atoms with Crippen LogP contribution in [0, 0.1) is 39.5 Å². The van der Waals surface area contributed by atoms with Crippen molar-refractivity contribution in [2.75, 3.05) is 11.5 Å². The third-order valence-corrected chi connectivity index (χ3v) is 11.6. The number of aryl methyl sites for hydroxylation is 2. The van der Waals surface area contributed by atoms with Gasteiger partial charge in [0, 0.05) is 11.1 Å². The molecule has 2 aromatic rings. The Balaban J connectivity index is 2.02. The normalized spacial score (nSPS) is 13.8. The third-order valence-electron chi connectivity index (χ3n) is 9.56. The van der Waals surface area contributed by atoms with Crippen molar-refractivity contribution in [1.29, 1.82) is 0 Å². The lowest BCUT2D eigenvalue weighted by Crippen LogP contribution is -2.30. The first-order chi connectivity index (χ1) is 20.6. The van der Waals surface area contributed by atoms with E-state index in [4.69, 9.17) is 9.47 Å². The second-order valence-corrected chi connectivity index (χ2v) is 16.1. The van der Waals surface area contributed by atoms with Crippen LogP contribution in [0.4, 0.5) is 0 Å². The van der Waals surface area contributed by atoms with Crippen LogP contribution in [0.1, 0.15) is 113 Å². The van der Waals surface area contributed by atoms with Crippen molar-refractivity contribution in [3.8, 4) is 11.5 Å². The van der Waals surface area contributed by atoms with Crippen LogP contribution in [0.2, 0.25) is 0 Å². The Morgan fingerprint density at radius 1 is 0.711 bits per heavy atom. The Labute approximate surface area is 270 Å². The highest BCUT2D eigenvalue weighted by molar-refractivity contribution is 7.91. The van der Waals surface area contributed by atoms with Crippen LogP contribution in [0.3, 0.4) is 0 Å². The summed E-state index contributed by atoms with van der Waals surface area (Å²) in [5, 5.41) is 21.7.